The Kier molecular flexibility index (Phi) is 4.45. The lowest BCUT2D eigenvalue weighted by molar-refractivity contribution is 0.299. The number of hydrogen-bond acceptors (Lipinski definition) is 0. The summed E-state index contributed by atoms with van der Waals surface area (Å²) in [6.07, 6.45) is -0.243. The van der Waals surface area contributed by atoms with Gasteiger partial charge >= 0.3 is 0 Å². The molecule has 0 saturated carbocycles. The molecule has 0 aromatic heterocycles. The molecule has 0 heterocycles. The molecule has 0 aliphatic heterocycles. The van der Waals surface area contributed by atoms with Crippen molar-refractivity contribution in [1.82, 2.24) is 0 Å². The summed E-state index contributed by atoms with van der Waals surface area (Å²) in [6.45, 7) is 7.36. The largest absolute Gasteiger partial charge is 0.247 e. The van der Waals surface area contributed by atoms with E-state index in [1.54, 1.807) is 6.07 Å². The van der Waals surface area contributed by atoms with Crippen LogP contribution in [-0.4, -0.2) is 6.17 Å². The summed E-state index contributed by atoms with van der Waals surface area (Å²) < 4.78 is 27.1. The van der Waals surface area contributed by atoms with Crippen LogP contribution >= 0.6 is 0 Å². The first-order valence-corrected chi connectivity index (χ1v) is 5.90. The van der Waals surface area contributed by atoms with Gasteiger partial charge in [0.05, 0.1) is 0 Å². The molecule has 0 bridgehead atoms. The normalized spacial score (nSPS) is 15.2. The molecule has 0 amide bonds. The SMILES string of the molecule is CCC(c1ccc(C(C)C)c(F)c1)C(C)F. The van der Waals surface area contributed by atoms with Gasteiger partial charge in [0.25, 0.3) is 0 Å². The van der Waals surface area contributed by atoms with Crippen molar-refractivity contribution in [2.24, 2.45) is 0 Å². The van der Waals surface area contributed by atoms with Crippen molar-refractivity contribution in [3.63, 3.8) is 0 Å². The van der Waals surface area contributed by atoms with Gasteiger partial charge in [-0.2, -0.15) is 0 Å². The van der Waals surface area contributed by atoms with Crippen LogP contribution in [0.5, 0.6) is 0 Å². The Bertz CT molecular complexity index is 343. The van der Waals surface area contributed by atoms with E-state index < -0.39 is 6.17 Å². The van der Waals surface area contributed by atoms with Crippen LogP contribution in [0.15, 0.2) is 18.2 Å². The zero-order valence-electron chi connectivity index (χ0n) is 10.4. The standard InChI is InChI=1S/C14H20F2/c1-5-12(10(4)15)11-6-7-13(9(2)3)14(16)8-11/h6-10,12H,5H2,1-4H3. The fourth-order valence-corrected chi connectivity index (χ4v) is 2.07. The van der Waals surface area contributed by atoms with Crippen molar-refractivity contribution in [2.45, 2.75) is 52.1 Å². The molecule has 0 fully saturated rings. The first kappa shape index (κ1) is 13.1. The zero-order valence-corrected chi connectivity index (χ0v) is 10.4. The zero-order chi connectivity index (χ0) is 12.3. The molecule has 0 aliphatic carbocycles. The summed E-state index contributed by atoms with van der Waals surface area (Å²) in [7, 11) is 0. The van der Waals surface area contributed by atoms with E-state index in [-0.39, 0.29) is 17.7 Å². The molecule has 1 aromatic rings. The fourth-order valence-electron chi connectivity index (χ4n) is 2.07. The third-order valence-corrected chi connectivity index (χ3v) is 3.07. The minimum Gasteiger partial charge on any atom is -0.247 e. The lowest BCUT2D eigenvalue weighted by Gasteiger charge is -2.18. The van der Waals surface area contributed by atoms with Crippen LogP contribution in [0.2, 0.25) is 0 Å². The summed E-state index contributed by atoms with van der Waals surface area (Å²) in [5.74, 6) is -0.251. The quantitative estimate of drug-likeness (QED) is 0.691. The second-order valence-electron chi connectivity index (χ2n) is 4.63. The van der Waals surface area contributed by atoms with E-state index in [4.69, 9.17) is 0 Å². The number of benzene rings is 1. The van der Waals surface area contributed by atoms with Crippen LogP contribution in [0.25, 0.3) is 0 Å². The highest BCUT2D eigenvalue weighted by Gasteiger charge is 2.18. The van der Waals surface area contributed by atoms with E-state index >= 15 is 0 Å². The predicted molar refractivity (Wildman–Crippen MR) is 64.1 cm³/mol. The van der Waals surface area contributed by atoms with Crippen molar-refractivity contribution < 1.29 is 8.78 Å². The molecular weight excluding hydrogens is 206 g/mol. The topological polar surface area (TPSA) is 0 Å². The van der Waals surface area contributed by atoms with Crippen molar-refractivity contribution in [3.8, 4) is 0 Å². The third kappa shape index (κ3) is 2.81. The van der Waals surface area contributed by atoms with E-state index in [9.17, 15) is 8.78 Å². The van der Waals surface area contributed by atoms with Crippen LogP contribution in [0, 0.1) is 5.82 Å². The van der Waals surface area contributed by atoms with Crippen molar-refractivity contribution >= 4 is 0 Å². The van der Waals surface area contributed by atoms with Gasteiger partial charge < -0.3 is 0 Å². The molecule has 0 radical (unpaired) electrons. The van der Waals surface area contributed by atoms with Crippen LogP contribution in [-0.2, 0) is 0 Å². The molecule has 0 saturated heterocycles. The molecule has 0 N–H and O–H groups in total. The van der Waals surface area contributed by atoms with Gasteiger partial charge in [0.15, 0.2) is 0 Å². The third-order valence-electron chi connectivity index (χ3n) is 3.07. The van der Waals surface area contributed by atoms with Gasteiger partial charge in [0, 0.05) is 5.92 Å². The summed E-state index contributed by atoms with van der Waals surface area (Å²) in [4.78, 5) is 0. The Balaban J connectivity index is 3.04. The average Bonchev–Trinajstić information content (AvgIpc) is 2.17. The minimum atomic E-state index is -0.936. The van der Waals surface area contributed by atoms with E-state index in [2.05, 4.69) is 0 Å². The Morgan fingerprint density at radius 3 is 2.19 bits per heavy atom. The van der Waals surface area contributed by atoms with Crippen LogP contribution in [0.4, 0.5) is 8.78 Å². The maximum Gasteiger partial charge on any atom is 0.126 e. The molecule has 0 spiro atoms. The van der Waals surface area contributed by atoms with Gasteiger partial charge in [0.2, 0.25) is 0 Å². The number of halogens is 2. The number of alkyl halides is 1. The van der Waals surface area contributed by atoms with E-state index in [0.29, 0.717) is 12.0 Å². The first-order chi connectivity index (χ1) is 7.47. The van der Waals surface area contributed by atoms with Crippen LogP contribution < -0.4 is 0 Å². The summed E-state index contributed by atoms with van der Waals surface area (Å²) >= 11 is 0. The molecule has 16 heavy (non-hydrogen) atoms. The lowest BCUT2D eigenvalue weighted by atomic mass is 9.90. The highest BCUT2D eigenvalue weighted by Crippen LogP contribution is 2.28. The smallest absolute Gasteiger partial charge is 0.126 e. The van der Waals surface area contributed by atoms with Gasteiger partial charge in [-0.05, 0) is 36.5 Å². The predicted octanol–water partition coefficient (Wildman–Crippen LogP) is 4.80. The Labute approximate surface area is 96.7 Å². The average molecular weight is 226 g/mol. The highest BCUT2D eigenvalue weighted by atomic mass is 19.1. The van der Waals surface area contributed by atoms with Crippen molar-refractivity contribution in [1.29, 1.82) is 0 Å². The maximum atomic E-state index is 13.7. The molecule has 0 aliphatic rings. The summed E-state index contributed by atoms with van der Waals surface area (Å²) in [5, 5.41) is 0. The second-order valence-corrected chi connectivity index (χ2v) is 4.63. The van der Waals surface area contributed by atoms with E-state index in [1.165, 1.54) is 13.0 Å². The van der Waals surface area contributed by atoms with Gasteiger partial charge in [-0.3, -0.25) is 0 Å². The monoisotopic (exact) mass is 226 g/mol. The fraction of sp³-hybridized carbons (Fsp3) is 0.571. The number of hydrogen-bond donors (Lipinski definition) is 0. The molecular formula is C14H20F2. The Hall–Kier alpha value is -0.920. The van der Waals surface area contributed by atoms with Gasteiger partial charge in [-0.25, -0.2) is 8.78 Å². The molecule has 0 nitrogen and oxygen atoms in total. The second kappa shape index (κ2) is 5.42. The van der Waals surface area contributed by atoms with Gasteiger partial charge in [-0.15, -0.1) is 0 Å². The first-order valence-electron chi connectivity index (χ1n) is 5.90. The molecule has 90 valence electrons. The van der Waals surface area contributed by atoms with Gasteiger partial charge in [0.1, 0.15) is 12.0 Å². The van der Waals surface area contributed by atoms with Gasteiger partial charge in [-0.1, -0.05) is 32.9 Å². The number of rotatable bonds is 4. The van der Waals surface area contributed by atoms with Crippen LogP contribution in [0.1, 0.15) is 57.1 Å². The molecule has 2 unspecified atom stereocenters. The molecule has 1 aromatic carbocycles. The van der Waals surface area contributed by atoms with E-state index in [0.717, 1.165) is 5.56 Å². The Morgan fingerprint density at radius 2 is 1.81 bits per heavy atom. The van der Waals surface area contributed by atoms with E-state index in [1.807, 2.05) is 26.8 Å². The molecule has 2 heteroatoms. The lowest BCUT2D eigenvalue weighted by Crippen LogP contribution is -2.10. The summed E-state index contributed by atoms with van der Waals surface area (Å²) in [5.41, 5.74) is 1.46. The minimum absolute atomic E-state index is 0.164. The van der Waals surface area contributed by atoms with Crippen LogP contribution in [0.3, 0.4) is 0 Å². The van der Waals surface area contributed by atoms with Crippen molar-refractivity contribution in [2.75, 3.05) is 0 Å². The highest BCUT2D eigenvalue weighted by molar-refractivity contribution is 5.29. The molecule has 2 atom stereocenters. The van der Waals surface area contributed by atoms with Crippen molar-refractivity contribution in [3.05, 3.63) is 35.1 Å². The Morgan fingerprint density at radius 1 is 1.19 bits per heavy atom. The summed E-state index contributed by atoms with van der Waals surface area (Å²) in [6, 6.07) is 5.11. The molecule has 1 rings (SSSR count). The maximum absolute atomic E-state index is 13.7.